The van der Waals surface area contributed by atoms with E-state index in [2.05, 4.69) is 30.7 Å². The highest BCUT2D eigenvalue weighted by Gasteiger charge is 2.10. The summed E-state index contributed by atoms with van der Waals surface area (Å²) < 4.78 is 0. The van der Waals surface area contributed by atoms with E-state index < -0.39 is 0 Å². The lowest BCUT2D eigenvalue weighted by molar-refractivity contribution is 0.0986. The molecule has 0 aliphatic rings. The minimum absolute atomic E-state index is 0.271. The van der Waals surface area contributed by atoms with Crippen LogP contribution in [0.1, 0.15) is 32.1 Å². The number of carbonyl (C=O) groups excluding carboxylic acids is 1. The summed E-state index contributed by atoms with van der Waals surface area (Å²) in [6, 6.07) is 4.10. The molecule has 2 rings (SSSR count). The summed E-state index contributed by atoms with van der Waals surface area (Å²) in [4.78, 5) is 14.1. The van der Waals surface area contributed by atoms with Crippen LogP contribution in [0.2, 0.25) is 0 Å². The molecule has 0 saturated heterocycles. The van der Waals surface area contributed by atoms with E-state index in [1.807, 2.05) is 6.07 Å². The number of aryl methyl sites for hydroxylation is 3. The average Bonchev–Trinajstić information content (AvgIpc) is 2.86. The van der Waals surface area contributed by atoms with E-state index in [4.69, 9.17) is 0 Å². The van der Waals surface area contributed by atoms with Crippen LogP contribution in [0.4, 0.5) is 0 Å². The summed E-state index contributed by atoms with van der Waals surface area (Å²) in [5.74, 6) is 0.271. The first-order valence-electron chi connectivity index (χ1n) is 5.28. The second kappa shape index (κ2) is 4.93. The number of carbonyl (C=O) groups is 1. The predicted molar refractivity (Wildman–Crippen MR) is 70.8 cm³/mol. The van der Waals surface area contributed by atoms with Gasteiger partial charge in [-0.3, -0.25) is 4.79 Å². The zero-order chi connectivity index (χ0) is 11.5. The second-order valence-electron chi connectivity index (χ2n) is 3.90. The van der Waals surface area contributed by atoms with Crippen molar-refractivity contribution >= 4 is 28.5 Å². The van der Waals surface area contributed by atoms with Gasteiger partial charge in [-0.2, -0.15) is 11.3 Å². The molecule has 0 atom stereocenters. The molecule has 16 heavy (non-hydrogen) atoms. The van der Waals surface area contributed by atoms with Gasteiger partial charge in [0.2, 0.25) is 0 Å². The number of rotatable bonds is 4. The highest BCUT2D eigenvalue weighted by atomic mass is 32.1. The van der Waals surface area contributed by atoms with Crippen molar-refractivity contribution in [3.8, 4) is 0 Å². The van der Waals surface area contributed by atoms with Crippen molar-refractivity contribution in [2.24, 2.45) is 0 Å². The molecule has 0 aliphatic heterocycles. The van der Waals surface area contributed by atoms with E-state index >= 15 is 0 Å². The Balaban J connectivity index is 1.98. The molecule has 3 heteroatoms. The maximum atomic E-state index is 11.9. The summed E-state index contributed by atoms with van der Waals surface area (Å²) in [5, 5.41) is 4.16. The van der Waals surface area contributed by atoms with Crippen LogP contribution in [0.3, 0.4) is 0 Å². The van der Waals surface area contributed by atoms with Crippen LogP contribution in [0, 0.1) is 13.8 Å². The monoisotopic (exact) mass is 250 g/mol. The molecule has 0 N–H and O–H groups in total. The van der Waals surface area contributed by atoms with Crippen LogP contribution in [-0.4, -0.2) is 5.78 Å². The lowest BCUT2D eigenvalue weighted by Crippen LogP contribution is -1.97. The van der Waals surface area contributed by atoms with Crippen molar-refractivity contribution in [1.29, 1.82) is 0 Å². The minimum Gasteiger partial charge on any atom is -0.293 e. The summed E-state index contributed by atoms with van der Waals surface area (Å²) in [7, 11) is 0. The Hall–Kier alpha value is -0.930. The molecule has 0 unspecified atom stereocenters. The highest BCUT2D eigenvalue weighted by Crippen LogP contribution is 2.22. The molecule has 2 aromatic heterocycles. The van der Waals surface area contributed by atoms with Gasteiger partial charge >= 0.3 is 0 Å². The van der Waals surface area contributed by atoms with E-state index in [0.29, 0.717) is 6.42 Å². The molecule has 84 valence electrons. The van der Waals surface area contributed by atoms with Crippen molar-refractivity contribution in [2.45, 2.75) is 26.7 Å². The van der Waals surface area contributed by atoms with E-state index in [0.717, 1.165) is 11.3 Å². The maximum Gasteiger partial charge on any atom is 0.173 e. The van der Waals surface area contributed by atoms with E-state index in [1.54, 1.807) is 22.7 Å². The van der Waals surface area contributed by atoms with Gasteiger partial charge in [0, 0.05) is 11.3 Å². The number of Topliss-reactive ketones (excluding diaryl/α,β-unsaturated/α-hetero) is 1. The number of hydrogen-bond donors (Lipinski definition) is 0. The first-order valence-corrected chi connectivity index (χ1v) is 7.04. The molecule has 0 bridgehead atoms. The van der Waals surface area contributed by atoms with Gasteiger partial charge in [-0.15, -0.1) is 11.3 Å². The lowest BCUT2D eigenvalue weighted by Gasteiger charge is -1.96. The fourth-order valence-corrected chi connectivity index (χ4v) is 3.23. The predicted octanol–water partition coefficient (Wildman–Crippen LogP) is 4.24. The highest BCUT2D eigenvalue weighted by molar-refractivity contribution is 7.14. The Labute approximate surface area is 104 Å². The van der Waals surface area contributed by atoms with Gasteiger partial charge in [-0.05, 0) is 54.3 Å². The summed E-state index contributed by atoms with van der Waals surface area (Å²) in [6.45, 7) is 4.12. The number of hydrogen-bond acceptors (Lipinski definition) is 3. The first-order chi connectivity index (χ1) is 7.66. The van der Waals surface area contributed by atoms with Gasteiger partial charge in [0.1, 0.15) is 0 Å². The number of thiophene rings is 2. The first kappa shape index (κ1) is 11.6. The van der Waals surface area contributed by atoms with Gasteiger partial charge in [-0.25, -0.2) is 0 Å². The van der Waals surface area contributed by atoms with E-state index in [1.165, 1.54) is 16.0 Å². The smallest absolute Gasteiger partial charge is 0.173 e. The normalized spacial score (nSPS) is 10.6. The van der Waals surface area contributed by atoms with Crippen molar-refractivity contribution in [2.75, 3.05) is 0 Å². The largest absolute Gasteiger partial charge is 0.293 e. The van der Waals surface area contributed by atoms with Gasteiger partial charge in [-0.1, -0.05) is 0 Å². The van der Waals surface area contributed by atoms with E-state index in [9.17, 15) is 4.79 Å². The maximum absolute atomic E-state index is 11.9. The van der Waals surface area contributed by atoms with Gasteiger partial charge in [0.05, 0.1) is 4.88 Å². The molecule has 0 saturated carbocycles. The number of ketones is 1. The van der Waals surface area contributed by atoms with E-state index in [-0.39, 0.29) is 5.78 Å². The molecule has 0 spiro atoms. The van der Waals surface area contributed by atoms with Gasteiger partial charge < -0.3 is 0 Å². The van der Waals surface area contributed by atoms with Crippen LogP contribution >= 0.6 is 22.7 Å². The third kappa shape index (κ3) is 2.60. The Bertz CT molecular complexity index is 461. The molecule has 2 heterocycles. The van der Waals surface area contributed by atoms with Crippen LogP contribution in [-0.2, 0) is 6.42 Å². The Kier molecular flexibility index (Phi) is 3.56. The SMILES string of the molecule is Cc1cc(C(=O)CCc2ccsc2)sc1C. The molecular formula is C13H14OS2. The molecular weight excluding hydrogens is 236 g/mol. The second-order valence-corrected chi connectivity index (χ2v) is 5.94. The van der Waals surface area contributed by atoms with Crippen LogP contribution in [0.5, 0.6) is 0 Å². The van der Waals surface area contributed by atoms with Crippen LogP contribution in [0.25, 0.3) is 0 Å². The quantitative estimate of drug-likeness (QED) is 0.742. The summed E-state index contributed by atoms with van der Waals surface area (Å²) >= 11 is 3.30. The molecule has 0 amide bonds. The average molecular weight is 250 g/mol. The lowest BCUT2D eigenvalue weighted by atomic mass is 10.1. The topological polar surface area (TPSA) is 17.1 Å². The molecule has 0 aromatic carbocycles. The van der Waals surface area contributed by atoms with Gasteiger partial charge in [0.25, 0.3) is 0 Å². The molecule has 0 fully saturated rings. The Morgan fingerprint density at radius 3 is 2.75 bits per heavy atom. The van der Waals surface area contributed by atoms with Crippen LogP contribution < -0.4 is 0 Å². The van der Waals surface area contributed by atoms with Crippen LogP contribution in [0.15, 0.2) is 22.9 Å². The van der Waals surface area contributed by atoms with Crippen molar-refractivity contribution in [1.82, 2.24) is 0 Å². The molecule has 0 aliphatic carbocycles. The minimum atomic E-state index is 0.271. The molecule has 1 nitrogen and oxygen atoms in total. The molecule has 2 aromatic rings. The van der Waals surface area contributed by atoms with Crippen molar-refractivity contribution in [3.05, 3.63) is 43.8 Å². The third-order valence-electron chi connectivity index (χ3n) is 2.66. The Morgan fingerprint density at radius 2 is 2.19 bits per heavy atom. The van der Waals surface area contributed by atoms with Crippen molar-refractivity contribution < 1.29 is 4.79 Å². The van der Waals surface area contributed by atoms with Crippen molar-refractivity contribution in [3.63, 3.8) is 0 Å². The Morgan fingerprint density at radius 1 is 1.38 bits per heavy atom. The third-order valence-corrected chi connectivity index (χ3v) is 4.59. The summed E-state index contributed by atoms with van der Waals surface area (Å²) in [5.41, 5.74) is 2.49. The zero-order valence-electron chi connectivity index (χ0n) is 9.45. The summed E-state index contributed by atoms with van der Waals surface area (Å²) in [6.07, 6.45) is 1.48. The fraction of sp³-hybridized carbons (Fsp3) is 0.308. The molecule has 0 radical (unpaired) electrons. The zero-order valence-corrected chi connectivity index (χ0v) is 11.1. The fourth-order valence-electron chi connectivity index (χ4n) is 1.53. The van der Waals surface area contributed by atoms with Gasteiger partial charge in [0.15, 0.2) is 5.78 Å². The standard InChI is InChI=1S/C13H14OS2/c1-9-7-13(16-10(9)2)12(14)4-3-11-5-6-15-8-11/h5-8H,3-4H2,1-2H3.